The molecule has 5 nitrogen and oxygen atoms in total. The maximum Gasteiger partial charge on any atom is 0.191 e. The van der Waals surface area contributed by atoms with Gasteiger partial charge in [0.15, 0.2) is 5.96 Å². The van der Waals surface area contributed by atoms with Crippen LogP contribution in [-0.2, 0) is 13.6 Å². The summed E-state index contributed by atoms with van der Waals surface area (Å²) in [6, 6.07) is 10.4. The van der Waals surface area contributed by atoms with E-state index in [1.54, 1.807) is 13.2 Å². The first kappa shape index (κ1) is 18.9. The van der Waals surface area contributed by atoms with Gasteiger partial charge in [-0.1, -0.05) is 15.9 Å². The Morgan fingerprint density at radius 2 is 1.96 bits per heavy atom. The van der Waals surface area contributed by atoms with E-state index in [0.29, 0.717) is 6.54 Å². The van der Waals surface area contributed by atoms with E-state index in [0.717, 1.165) is 22.7 Å². The molecule has 2 N–H and O–H groups in total. The van der Waals surface area contributed by atoms with Crippen LogP contribution in [0.4, 0.5) is 0 Å². The van der Waals surface area contributed by atoms with Gasteiger partial charge >= 0.3 is 0 Å². The number of rotatable bonds is 6. The monoisotopic (exact) mass is 409 g/mol. The molecule has 0 fully saturated rings. The molecule has 2 rings (SSSR count). The zero-order chi connectivity index (χ0) is 17.6. The standard InChI is InChI=1S/C17H24BrN5S/c1-17(2,24-15-7-5-13(18)6-8-15)12-21-16(19-3)20-11-14-9-10-22-23(14)4/h5-10H,11-12H2,1-4H3,(H2,19,20,21). The second kappa shape index (κ2) is 8.58. The third kappa shape index (κ3) is 5.87. The average Bonchev–Trinajstić information content (AvgIpc) is 2.95. The van der Waals surface area contributed by atoms with Crippen molar-refractivity contribution in [3.63, 3.8) is 0 Å². The molecule has 2 aromatic rings. The van der Waals surface area contributed by atoms with Crippen molar-refractivity contribution in [2.24, 2.45) is 12.0 Å². The molecule has 7 heteroatoms. The number of thioether (sulfide) groups is 1. The van der Waals surface area contributed by atoms with E-state index in [2.05, 4.69) is 74.8 Å². The normalized spacial score (nSPS) is 12.3. The number of nitrogens with zero attached hydrogens (tertiary/aromatic N) is 3. The molecular weight excluding hydrogens is 386 g/mol. The van der Waals surface area contributed by atoms with Crippen molar-refractivity contribution in [2.45, 2.75) is 30.0 Å². The number of aliphatic imine (C=N–C) groups is 1. The molecule has 0 aliphatic heterocycles. The maximum absolute atomic E-state index is 4.29. The van der Waals surface area contributed by atoms with Gasteiger partial charge in [-0.3, -0.25) is 9.67 Å². The Kier molecular flexibility index (Phi) is 6.74. The number of halogens is 1. The third-order valence-electron chi connectivity index (χ3n) is 3.47. The number of nitrogens with one attached hydrogen (secondary N) is 2. The van der Waals surface area contributed by atoms with Gasteiger partial charge in [-0.25, -0.2) is 0 Å². The Labute approximate surface area is 156 Å². The van der Waals surface area contributed by atoms with Crippen LogP contribution in [0.3, 0.4) is 0 Å². The second-order valence-corrected chi connectivity index (χ2v) is 8.74. The fourth-order valence-corrected chi connectivity index (χ4v) is 3.44. The van der Waals surface area contributed by atoms with Crippen LogP contribution in [0.2, 0.25) is 0 Å². The molecule has 0 unspecified atom stereocenters. The van der Waals surface area contributed by atoms with Gasteiger partial charge in [-0.2, -0.15) is 5.10 Å². The minimum atomic E-state index is 0.0397. The smallest absolute Gasteiger partial charge is 0.191 e. The number of guanidine groups is 1. The summed E-state index contributed by atoms with van der Waals surface area (Å²) >= 11 is 5.32. The number of hydrogen-bond acceptors (Lipinski definition) is 3. The number of hydrogen-bond donors (Lipinski definition) is 2. The summed E-state index contributed by atoms with van der Waals surface area (Å²) in [5, 5.41) is 10.9. The molecule has 0 amide bonds. The van der Waals surface area contributed by atoms with Crippen LogP contribution in [0.15, 0.2) is 50.9 Å². The van der Waals surface area contributed by atoms with E-state index in [4.69, 9.17) is 0 Å². The van der Waals surface area contributed by atoms with Crippen LogP contribution < -0.4 is 10.6 Å². The number of aromatic nitrogens is 2. The lowest BCUT2D eigenvalue weighted by molar-refractivity contribution is 0.651. The molecular formula is C17H24BrN5S. The minimum Gasteiger partial charge on any atom is -0.355 e. The quantitative estimate of drug-likeness (QED) is 0.435. The average molecular weight is 410 g/mol. The molecule has 0 bridgehead atoms. The van der Waals surface area contributed by atoms with E-state index < -0.39 is 0 Å². The summed E-state index contributed by atoms with van der Waals surface area (Å²) in [6.45, 7) is 5.94. The van der Waals surface area contributed by atoms with Gasteiger partial charge < -0.3 is 10.6 Å². The molecule has 0 spiro atoms. The van der Waals surface area contributed by atoms with Crippen molar-refractivity contribution in [3.8, 4) is 0 Å². The Bertz CT molecular complexity index is 679. The summed E-state index contributed by atoms with van der Waals surface area (Å²) in [7, 11) is 3.72. The maximum atomic E-state index is 4.29. The molecule has 0 aliphatic rings. The highest BCUT2D eigenvalue weighted by Gasteiger charge is 2.20. The van der Waals surface area contributed by atoms with Gasteiger partial charge in [-0.15, -0.1) is 11.8 Å². The zero-order valence-corrected chi connectivity index (χ0v) is 16.9. The molecule has 0 aliphatic carbocycles. The van der Waals surface area contributed by atoms with Crippen molar-refractivity contribution < 1.29 is 0 Å². The minimum absolute atomic E-state index is 0.0397. The Morgan fingerprint density at radius 3 is 2.54 bits per heavy atom. The number of aryl methyl sites for hydroxylation is 1. The molecule has 1 aromatic carbocycles. The molecule has 1 heterocycles. The van der Waals surface area contributed by atoms with Crippen molar-refractivity contribution in [3.05, 3.63) is 46.7 Å². The first-order valence-corrected chi connectivity index (χ1v) is 9.36. The fourth-order valence-electron chi connectivity index (χ4n) is 2.12. The summed E-state index contributed by atoms with van der Waals surface area (Å²) < 4.78 is 2.99. The Morgan fingerprint density at radius 1 is 1.25 bits per heavy atom. The van der Waals surface area contributed by atoms with E-state index in [1.165, 1.54) is 4.90 Å². The largest absolute Gasteiger partial charge is 0.355 e. The molecule has 0 atom stereocenters. The Hall–Kier alpha value is -1.47. The highest BCUT2D eigenvalue weighted by Crippen LogP contribution is 2.32. The predicted molar refractivity (Wildman–Crippen MR) is 105 cm³/mol. The number of benzene rings is 1. The first-order valence-electron chi connectivity index (χ1n) is 7.75. The van der Waals surface area contributed by atoms with Crippen molar-refractivity contribution >= 4 is 33.7 Å². The van der Waals surface area contributed by atoms with Gasteiger partial charge in [0.05, 0.1) is 12.2 Å². The van der Waals surface area contributed by atoms with Gasteiger partial charge in [0.2, 0.25) is 0 Å². The summed E-state index contributed by atoms with van der Waals surface area (Å²) in [4.78, 5) is 5.54. The van der Waals surface area contributed by atoms with Gasteiger partial charge in [0.25, 0.3) is 0 Å². The van der Waals surface area contributed by atoms with E-state index in [1.807, 2.05) is 29.6 Å². The van der Waals surface area contributed by atoms with Gasteiger partial charge in [0.1, 0.15) is 0 Å². The van der Waals surface area contributed by atoms with E-state index in [9.17, 15) is 0 Å². The summed E-state index contributed by atoms with van der Waals surface area (Å²) in [6.07, 6.45) is 1.80. The van der Waals surface area contributed by atoms with E-state index in [-0.39, 0.29) is 4.75 Å². The van der Waals surface area contributed by atoms with Crippen LogP contribution in [-0.4, -0.2) is 34.1 Å². The summed E-state index contributed by atoms with van der Waals surface area (Å²) in [5.41, 5.74) is 1.11. The lowest BCUT2D eigenvalue weighted by atomic mass is 10.2. The lowest BCUT2D eigenvalue weighted by Gasteiger charge is -2.25. The Balaban J connectivity index is 1.84. The van der Waals surface area contributed by atoms with Crippen molar-refractivity contribution in [2.75, 3.05) is 13.6 Å². The highest BCUT2D eigenvalue weighted by molar-refractivity contribution is 9.10. The van der Waals surface area contributed by atoms with Gasteiger partial charge in [0, 0.05) is 41.0 Å². The topological polar surface area (TPSA) is 54.2 Å². The molecule has 130 valence electrons. The lowest BCUT2D eigenvalue weighted by Crippen LogP contribution is -2.43. The van der Waals surface area contributed by atoms with Crippen LogP contribution in [0, 0.1) is 0 Å². The van der Waals surface area contributed by atoms with Crippen LogP contribution >= 0.6 is 27.7 Å². The summed E-state index contributed by atoms with van der Waals surface area (Å²) in [5.74, 6) is 0.792. The van der Waals surface area contributed by atoms with E-state index >= 15 is 0 Å². The SMILES string of the molecule is CN=C(NCc1ccnn1C)NCC(C)(C)Sc1ccc(Br)cc1. The van der Waals surface area contributed by atoms with Crippen LogP contribution in [0.5, 0.6) is 0 Å². The van der Waals surface area contributed by atoms with Crippen LogP contribution in [0.1, 0.15) is 19.5 Å². The molecule has 24 heavy (non-hydrogen) atoms. The fraction of sp³-hybridized carbons (Fsp3) is 0.412. The van der Waals surface area contributed by atoms with Gasteiger partial charge in [-0.05, 0) is 44.2 Å². The zero-order valence-electron chi connectivity index (χ0n) is 14.5. The van der Waals surface area contributed by atoms with Crippen molar-refractivity contribution in [1.82, 2.24) is 20.4 Å². The molecule has 0 saturated carbocycles. The highest BCUT2D eigenvalue weighted by atomic mass is 79.9. The van der Waals surface area contributed by atoms with Crippen molar-refractivity contribution in [1.29, 1.82) is 0 Å². The predicted octanol–water partition coefficient (Wildman–Crippen LogP) is 3.42. The van der Waals surface area contributed by atoms with Crippen LogP contribution in [0.25, 0.3) is 0 Å². The molecule has 0 radical (unpaired) electrons. The third-order valence-corrected chi connectivity index (χ3v) is 5.21. The molecule has 0 saturated heterocycles. The second-order valence-electron chi connectivity index (χ2n) is 6.04. The molecule has 1 aromatic heterocycles. The first-order chi connectivity index (χ1) is 11.4.